The Kier molecular flexibility index (Phi) is 8.65. The van der Waals surface area contributed by atoms with E-state index in [1.165, 1.54) is 0 Å². The molecule has 14 heavy (non-hydrogen) atoms. The summed E-state index contributed by atoms with van der Waals surface area (Å²) < 4.78 is 5.09. The van der Waals surface area contributed by atoms with Gasteiger partial charge in [0.25, 0.3) is 0 Å². The van der Waals surface area contributed by atoms with Crippen LogP contribution in [0.4, 0.5) is 0 Å². The lowest BCUT2D eigenvalue weighted by atomic mass is 10.1. The first-order valence-corrected chi connectivity index (χ1v) is 5.17. The van der Waals surface area contributed by atoms with Crippen molar-refractivity contribution in [1.29, 1.82) is 0 Å². The molecule has 82 valence electrons. The largest absolute Gasteiger partial charge is 0.389 e. The van der Waals surface area contributed by atoms with Crippen molar-refractivity contribution >= 4 is 0 Å². The Morgan fingerprint density at radius 2 is 2.21 bits per heavy atom. The number of ether oxygens (including phenoxy) is 1. The van der Waals surface area contributed by atoms with E-state index in [0.717, 1.165) is 6.42 Å². The second-order valence-electron chi connectivity index (χ2n) is 3.23. The molecule has 3 heteroatoms. The highest BCUT2D eigenvalue weighted by Gasteiger charge is 2.07. The average Bonchev–Trinajstić information content (AvgIpc) is 2.21. The van der Waals surface area contributed by atoms with Crippen molar-refractivity contribution < 1.29 is 9.84 Å². The molecule has 0 saturated carbocycles. The van der Waals surface area contributed by atoms with Crippen LogP contribution in [0.15, 0.2) is 0 Å². The number of aliphatic hydroxyl groups is 1. The lowest BCUT2D eigenvalue weighted by Crippen LogP contribution is -2.37. The Labute approximate surface area is 86.8 Å². The molecule has 0 amide bonds. The molecule has 2 N–H and O–H groups in total. The van der Waals surface area contributed by atoms with Crippen molar-refractivity contribution in [2.75, 3.05) is 19.8 Å². The highest BCUT2D eigenvalue weighted by Crippen LogP contribution is 1.96. The first kappa shape index (κ1) is 13.4. The van der Waals surface area contributed by atoms with Gasteiger partial charge in [0.05, 0.1) is 12.7 Å². The van der Waals surface area contributed by atoms with Gasteiger partial charge in [-0.25, -0.2) is 0 Å². The van der Waals surface area contributed by atoms with Crippen molar-refractivity contribution in [3.05, 3.63) is 0 Å². The monoisotopic (exact) mass is 199 g/mol. The second-order valence-corrected chi connectivity index (χ2v) is 3.23. The number of aliphatic hydroxyl groups excluding tert-OH is 1. The molecule has 0 aliphatic heterocycles. The zero-order chi connectivity index (χ0) is 10.8. The predicted octanol–water partition coefficient (Wildman–Crippen LogP) is 0.775. The van der Waals surface area contributed by atoms with Gasteiger partial charge in [-0.2, -0.15) is 0 Å². The molecule has 2 unspecified atom stereocenters. The van der Waals surface area contributed by atoms with Crippen LogP contribution >= 0.6 is 0 Å². The van der Waals surface area contributed by atoms with Gasteiger partial charge in [0.1, 0.15) is 0 Å². The quantitative estimate of drug-likeness (QED) is 0.567. The Balaban J connectivity index is 3.52. The Bertz CT molecular complexity index is 165. The number of hydrogen-bond donors (Lipinski definition) is 2. The third-order valence-corrected chi connectivity index (χ3v) is 2.01. The molecule has 2 atom stereocenters. The summed E-state index contributed by atoms with van der Waals surface area (Å²) in [6.45, 7) is 5.55. The fourth-order valence-corrected chi connectivity index (χ4v) is 1.12. The molecule has 0 radical (unpaired) electrons. The molecule has 0 saturated heterocycles. The minimum atomic E-state index is -0.443. The van der Waals surface area contributed by atoms with Crippen molar-refractivity contribution in [1.82, 2.24) is 5.32 Å². The zero-order valence-corrected chi connectivity index (χ0v) is 9.12. The van der Waals surface area contributed by atoms with Gasteiger partial charge in [0, 0.05) is 25.6 Å². The molecule has 0 heterocycles. The van der Waals surface area contributed by atoms with E-state index in [2.05, 4.69) is 18.2 Å². The first-order chi connectivity index (χ1) is 6.74. The number of terminal acetylenes is 1. The molecule has 0 spiro atoms. The van der Waals surface area contributed by atoms with Crippen LogP contribution < -0.4 is 5.32 Å². The summed E-state index contributed by atoms with van der Waals surface area (Å²) in [6, 6.07) is 0.302. The van der Waals surface area contributed by atoms with E-state index in [1.807, 2.05) is 6.92 Å². The summed E-state index contributed by atoms with van der Waals surface area (Å²) in [5.74, 6) is 2.61. The van der Waals surface area contributed by atoms with Crippen LogP contribution in [0.25, 0.3) is 0 Å². The molecular formula is C11H21NO2. The van der Waals surface area contributed by atoms with Crippen LogP contribution in [0.1, 0.15) is 26.7 Å². The van der Waals surface area contributed by atoms with E-state index in [9.17, 15) is 5.11 Å². The Morgan fingerprint density at radius 3 is 2.71 bits per heavy atom. The fourth-order valence-electron chi connectivity index (χ4n) is 1.12. The van der Waals surface area contributed by atoms with Gasteiger partial charge in [-0.1, -0.05) is 6.92 Å². The number of hydrogen-bond acceptors (Lipinski definition) is 3. The minimum Gasteiger partial charge on any atom is -0.389 e. The van der Waals surface area contributed by atoms with Crippen molar-refractivity contribution in [2.24, 2.45) is 0 Å². The highest BCUT2D eigenvalue weighted by atomic mass is 16.5. The predicted molar refractivity (Wildman–Crippen MR) is 58.0 cm³/mol. The van der Waals surface area contributed by atoms with Crippen molar-refractivity contribution in [3.63, 3.8) is 0 Å². The molecule has 0 rings (SSSR count). The summed E-state index contributed by atoms with van der Waals surface area (Å²) in [5, 5.41) is 12.7. The van der Waals surface area contributed by atoms with Crippen LogP contribution in [0.5, 0.6) is 0 Å². The van der Waals surface area contributed by atoms with E-state index < -0.39 is 6.10 Å². The third kappa shape index (κ3) is 6.90. The lowest BCUT2D eigenvalue weighted by molar-refractivity contribution is 0.0414. The zero-order valence-electron chi connectivity index (χ0n) is 9.12. The number of rotatable bonds is 8. The standard InChI is InChI=1S/C11H21NO2/c1-4-7-10(5-2)12-8-11(13)9-14-6-3/h1,10-13H,5-9H2,2-3H3. The van der Waals surface area contributed by atoms with E-state index in [4.69, 9.17) is 11.2 Å². The third-order valence-electron chi connectivity index (χ3n) is 2.01. The SMILES string of the molecule is C#CCC(CC)NCC(O)COCC. The van der Waals surface area contributed by atoms with Crippen LogP contribution in [-0.2, 0) is 4.74 Å². The Hall–Kier alpha value is -0.560. The maximum Gasteiger partial charge on any atom is 0.0897 e. The van der Waals surface area contributed by atoms with E-state index in [1.54, 1.807) is 0 Å². The van der Waals surface area contributed by atoms with E-state index in [0.29, 0.717) is 32.2 Å². The van der Waals surface area contributed by atoms with Gasteiger partial charge in [-0.15, -0.1) is 12.3 Å². The lowest BCUT2D eigenvalue weighted by Gasteiger charge is -2.17. The van der Waals surface area contributed by atoms with Gasteiger partial charge in [-0.05, 0) is 13.3 Å². The molecule has 0 bridgehead atoms. The summed E-state index contributed by atoms with van der Waals surface area (Å²) in [6.07, 6.45) is 6.46. The minimum absolute atomic E-state index is 0.302. The van der Waals surface area contributed by atoms with E-state index >= 15 is 0 Å². The summed E-state index contributed by atoms with van der Waals surface area (Å²) in [4.78, 5) is 0. The van der Waals surface area contributed by atoms with Crippen molar-refractivity contribution in [3.8, 4) is 12.3 Å². The van der Waals surface area contributed by atoms with Crippen LogP contribution in [0.2, 0.25) is 0 Å². The molecule has 0 aromatic heterocycles. The average molecular weight is 199 g/mol. The van der Waals surface area contributed by atoms with Gasteiger partial charge in [0.15, 0.2) is 0 Å². The second kappa shape index (κ2) is 9.01. The first-order valence-electron chi connectivity index (χ1n) is 5.17. The molecular weight excluding hydrogens is 178 g/mol. The molecule has 0 aromatic carbocycles. The maximum atomic E-state index is 9.45. The van der Waals surface area contributed by atoms with Crippen LogP contribution in [0.3, 0.4) is 0 Å². The summed E-state index contributed by atoms with van der Waals surface area (Å²) in [7, 11) is 0. The summed E-state index contributed by atoms with van der Waals surface area (Å²) in [5.41, 5.74) is 0. The molecule has 0 fully saturated rings. The van der Waals surface area contributed by atoms with Gasteiger partial charge >= 0.3 is 0 Å². The summed E-state index contributed by atoms with van der Waals surface area (Å²) >= 11 is 0. The Morgan fingerprint density at radius 1 is 1.50 bits per heavy atom. The molecule has 0 aliphatic rings. The van der Waals surface area contributed by atoms with Crippen LogP contribution in [-0.4, -0.2) is 37.0 Å². The highest BCUT2D eigenvalue weighted by molar-refractivity contribution is 4.89. The van der Waals surface area contributed by atoms with Crippen LogP contribution in [0, 0.1) is 12.3 Å². The van der Waals surface area contributed by atoms with E-state index in [-0.39, 0.29) is 0 Å². The van der Waals surface area contributed by atoms with Gasteiger partial charge < -0.3 is 15.2 Å². The molecule has 0 aliphatic carbocycles. The van der Waals surface area contributed by atoms with Gasteiger partial charge in [-0.3, -0.25) is 0 Å². The maximum absolute atomic E-state index is 9.45. The van der Waals surface area contributed by atoms with Gasteiger partial charge in [0.2, 0.25) is 0 Å². The molecule has 0 aromatic rings. The normalized spacial score (nSPS) is 14.7. The smallest absolute Gasteiger partial charge is 0.0897 e. The molecule has 3 nitrogen and oxygen atoms in total. The topological polar surface area (TPSA) is 41.5 Å². The van der Waals surface area contributed by atoms with Crippen molar-refractivity contribution in [2.45, 2.75) is 38.8 Å². The number of nitrogens with one attached hydrogen (secondary N) is 1. The fraction of sp³-hybridized carbons (Fsp3) is 0.818.